The molecule has 6 heteroatoms. The van der Waals surface area contributed by atoms with Crippen molar-refractivity contribution in [2.24, 2.45) is 0 Å². The summed E-state index contributed by atoms with van der Waals surface area (Å²) >= 11 is 15.3. The average molecular weight is 432 g/mol. The summed E-state index contributed by atoms with van der Waals surface area (Å²) in [5.74, 6) is 0.389. The normalized spacial score (nSPS) is 11.2. The maximum Gasteiger partial charge on any atom is 0.349 e. The molecule has 0 aliphatic rings. The Balaban J connectivity index is 2.08. The second-order valence-corrected chi connectivity index (χ2v) is 7.99. The second-order valence-electron chi connectivity index (χ2n) is 6.23. The highest BCUT2D eigenvalue weighted by molar-refractivity contribution is 9.10. The Kier molecular flexibility index (Phi) is 6.18. The van der Waals surface area contributed by atoms with Gasteiger partial charge in [0.15, 0.2) is 6.61 Å². The Morgan fingerprint density at radius 3 is 2.38 bits per heavy atom. The van der Waals surface area contributed by atoms with E-state index in [4.69, 9.17) is 32.7 Å². The third kappa shape index (κ3) is 5.13. The van der Waals surface area contributed by atoms with Gasteiger partial charge in [-0.1, -0.05) is 59.9 Å². The molecule has 2 aromatic rings. The van der Waals surface area contributed by atoms with E-state index in [1.54, 1.807) is 24.3 Å². The molecule has 0 radical (unpaired) electrons. The first-order valence-electron chi connectivity index (χ1n) is 7.25. The number of hydrogen-bond acceptors (Lipinski definition) is 3. The van der Waals surface area contributed by atoms with E-state index in [9.17, 15) is 4.79 Å². The quantitative estimate of drug-likeness (QED) is 0.437. The third-order valence-electron chi connectivity index (χ3n) is 3.21. The van der Waals surface area contributed by atoms with Gasteiger partial charge < -0.3 is 9.47 Å². The second kappa shape index (κ2) is 7.77. The van der Waals surface area contributed by atoms with Crippen LogP contribution >= 0.6 is 39.1 Å². The lowest BCUT2D eigenvalue weighted by Gasteiger charge is -2.22. The van der Waals surface area contributed by atoms with Crippen LogP contribution in [0.1, 0.15) is 26.3 Å². The molecule has 3 nitrogen and oxygen atoms in total. The zero-order chi connectivity index (χ0) is 17.9. The van der Waals surface area contributed by atoms with Gasteiger partial charge in [-0.15, -0.1) is 0 Å². The van der Waals surface area contributed by atoms with Crippen LogP contribution in [-0.2, 0) is 10.2 Å². The van der Waals surface area contributed by atoms with E-state index < -0.39 is 5.97 Å². The number of ether oxygens (including phenoxy) is 2. The molecule has 128 valence electrons. The van der Waals surface area contributed by atoms with Crippen LogP contribution in [0.15, 0.2) is 40.9 Å². The molecule has 0 N–H and O–H groups in total. The molecule has 0 aromatic heterocycles. The summed E-state index contributed by atoms with van der Waals surface area (Å²) in [5.41, 5.74) is 0.759. The number of halogens is 3. The number of hydrogen-bond donors (Lipinski definition) is 0. The lowest BCUT2D eigenvalue weighted by molar-refractivity contribution is -0.136. The van der Waals surface area contributed by atoms with Crippen LogP contribution < -0.4 is 9.47 Å². The summed E-state index contributed by atoms with van der Waals surface area (Å²) in [7, 11) is 0. The maximum absolute atomic E-state index is 12.1. The molecule has 0 heterocycles. The molecule has 2 aromatic carbocycles. The van der Waals surface area contributed by atoms with E-state index in [1.165, 1.54) is 0 Å². The van der Waals surface area contributed by atoms with E-state index in [0.717, 1.165) is 10.0 Å². The first-order valence-corrected chi connectivity index (χ1v) is 8.80. The van der Waals surface area contributed by atoms with E-state index >= 15 is 0 Å². The fraction of sp³-hybridized carbons (Fsp3) is 0.278. The Morgan fingerprint density at radius 1 is 1.08 bits per heavy atom. The standard InChI is InChI=1S/C18H17BrCl2O3/c1-18(2,3)13-8-11(19)4-6-15(13)24-17(22)10-23-16-7-5-12(20)9-14(16)21/h4-9H,10H2,1-3H3. The summed E-state index contributed by atoms with van der Waals surface area (Å²) in [5, 5.41) is 0.842. The van der Waals surface area contributed by atoms with Crippen molar-refractivity contribution < 1.29 is 14.3 Å². The Hall–Kier alpha value is -1.23. The molecule has 0 saturated carbocycles. The fourth-order valence-electron chi connectivity index (χ4n) is 2.06. The van der Waals surface area contributed by atoms with E-state index in [-0.39, 0.29) is 12.0 Å². The summed E-state index contributed by atoms with van der Waals surface area (Å²) in [6.07, 6.45) is 0. The highest BCUT2D eigenvalue weighted by Crippen LogP contribution is 2.34. The molecule has 0 atom stereocenters. The van der Waals surface area contributed by atoms with Crippen LogP contribution in [0.5, 0.6) is 11.5 Å². The maximum atomic E-state index is 12.1. The van der Waals surface area contributed by atoms with Crippen LogP contribution in [0.3, 0.4) is 0 Å². The van der Waals surface area contributed by atoms with Crippen LogP contribution in [0.25, 0.3) is 0 Å². The molecule has 0 fully saturated rings. The summed E-state index contributed by atoms with van der Waals surface area (Å²) in [4.78, 5) is 12.1. The number of rotatable bonds is 4. The van der Waals surface area contributed by atoms with Crippen LogP contribution in [-0.4, -0.2) is 12.6 Å². The van der Waals surface area contributed by atoms with Gasteiger partial charge in [0, 0.05) is 15.1 Å². The summed E-state index contributed by atoms with van der Waals surface area (Å²) < 4.78 is 11.8. The Bertz CT molecular complexity index is 754. The lowest BCUT2D eigenvalue weighted by atomic mass is 9.86. The molecule has 0 saturated heterocycles. The van der Waals surface area contributed by atoms with Crippen molar-refractivity contribution in [1.29, 1.82) is 0 Å². The van der Waals surface area contributed by atoms with Crippen LogP contribution in [0.2, 0.25) is 10.0 Å². The van der Waals surface area contributed by atoms with Crippen molar-refractivity contribution in [2.45, 2.75) is 26.2 Å². The summed E-state index contributed by atoms with van der Waals surface area (Å²) in [6, 6.07) is 10.3. The van der Waals surface area contributed by atoms with Gasteiger partial charge in [-0.3, -0.25) is 0 Å². The van der Waals surface area contributed by atoms with Crippen LogP contribution in [0.4, 0.5) is 0 Å². The van der Waals surface area contributed by atoms with Gasteiger partial charge in [0.25, 0.3) is 0 Å². The minimum Gasteiger partial charge on any atom is -0.480 e. The van der Waals surface area contributed by atoms with Gasteiger partial charge in [-0.2, -0.15) is 0 Å². The van der Waals surface area contributed by atoms with E-state index in [2.05, 4.69) is 36.7 Å². The smallest absolute Gasteiger partial charge is 0.349 e. The Labute approximate surface area is 160 Å². The molecule has 2 rings (SSSR count). The van der Waals surface area contributed by atoms with Gasteiger partial charge in [0.1, 0.15) is 11.5 Å². The third-order valence-corrected chi connectivity index (χ3v) is 4.24. The van der Waals surface area contributed by atoms with Gasteiger partial charge >= 0.3 is 5.97 Å². The molecule has 0 spiro atoms. The van der Waals surface area contributed by atoms with E-state index in [0.29, 0.717) is 21.5 Å². The largest absolute Gasteiger partial charge is 0.480 e. The molecule has 0 bridgehead atoms. The molecular formula is C18H17BrCl2O3. The van der Waals surface area contributed by atoms with Gasteiger partial charge in [-0.05, 0) is 41.8 Å². The molecule has 24 heavy (non-hydrogen) atoms. The predicted molar refractivity (Wildman–Crippen MR) is 100 cm³/mol. The van der Waals surface area contributed by atoms with Crippen molar-refractivity contribution in [3.8, 4) is 11.5 Å². The first-order chi connectivity index (χ1) is 11.2. The van der Waals surface area contributed by atoms with Crippen LogP contribution in [0, 0.1) is 0 Å². The van der Waals surface area contributed by atoms with E-state index in [1.807, 2.05) is 12.1 Å². The molecule has 0 aliphatic carbocycles. The SMILES string of the molecule is CC(C)(C)c1cc(Br)ccc1OC(=O)COc1ccc(Cl)cc1Cl. The molecular weight excluding hydrogens is 415 g/mol. The topological polar surface area (TPSA) is 35.5 Å². The lowest BCUT2D eigenvalue weighted by Crippen LogP contribution is -2.21. The van der Waals surface area contributed by atoms with Crippen molar-refractivity contribution >= 4 is 45.1 Å². The number of carbonyl (C=O) groups is 1. The molecule has 0 aliphatic heterocycles. The van der Waals surface area contributed by atoms with Crippen molar-refractivity contribution in [2.75, 3.05) is 6.61 Å². The number of benzene rings is 2. The zero-order valence-electron chi connectivity index (χ0n) is 13.5. The van der Waals surface area contributed by atoms with Crippen molar-refractivity contribution in [3.63, 3.8) is 0 Å². The molecule has 0 unspecified atom stereocenters. The van der Waals surface area contributed by atoms with Crippen molar-refractivity contribution in [3.05, 3.63) is 56.5 Å². The predicted octanol–water partition coefficient (Wildman–Crippen LogP) is 6.04. The Morgan fingerprint density at radius 2 is 1.75 bits per heavy atom. The minimum absolute atomic E-state index is 0.167. The first kappa shape index (κ1) is 19.1. The van der Waals surface area contributed by atoms with Gasteiger partial charge in [-0.25, -0.2) is 4.79 Å². The van der Waals surface area contributed by atoms with Gasteiger partial charge in [0.2, 0.25) is 0 Å². The zero-order valence-corrected chi connectivity index (χ0v) is 16.6. The monoisotopic (exact) mass is 430 g/mol. The summed E-state index contributed by atoms with van der Waals surface area (Å²) in [6.45, 7) is 5.91. The highest BCUT2D eigenvalue weighted by Gasteiger charge is 2.21. The highest BCUT2D eigenvalue weighted by atomic mass is 79.9. The number of esters is 1. The van der Waals surface area contributed by atoms with Gasteiger partial charge in [0.05, 0.1) is 5.02 Å². The fourth-order valence-corrected chi connectivity index (χ4v) is 2.88. The van der Waals surface area contributed by atoms with Crippen molar-refractivity contribution in [1.82, 2.24) is 0 Å². The minimum atomic E-state index is -0.506. The average Bonchev–Trinajstić information content (AvgIpc) is 2.47. The number of carbonyl (C=O) groups excluding carboxylic acids is 1. The molecule has 0 amide bonds.